The summed E-state index contributed by atoms with van der Waals surface area (Å²) in [5.41, 5.74) is 6.18. The third-order valence-electron chi connectivity index (χ3n) is 2.90. The molecular weight excluding hydrogens is 247 g/mol. The van der Waals surface area contributed by atoms with Gasteiger partial charge in [-0.2, -0.15) is 0 Å². The second-order valence-corrected chi connectivity index (χ2v) is 5.53. The molecule has 0 aliphatic carbocycles. The Kier molecular flexibility index (Phi) is 4.89. The molecule has 0 aromatic heterocycles. The largest absolute Gasteiger partial charge is 0.494 e. The van der Waals surface area contributed by atoms with E-state index in [4.69, 9.17) is 10.5 Å². The van der Waals surface area contributed by atoms with Crippen LogP contribution in [0, 0.1) is 11.2 Å². The van der Waals surface area contributed by atoms with Gasteiger partial charge < -0.3 is 15.8 Å². The Labute approximate surface area is 113 Å². The van der Waals surface area contributed by atoms with Crippen molar-refractivity contribution >= 4 is 5.91 Å². The number of hydrogen-bond acceptors (Lipinski definition) is 3. The molecule has 1 atom stereocenters. The number of methoxy groups -OCH3 is 1. The highest BCUT2D eigenvalue weighted by Gasteiger charge is 2.27. The monoisotopic (exact) mass is 268 g/mol. The van der Waals surface area contributed by atoms with Crippen LogP contribution in [-0.4, -0.2) is 19.1 Å². The van der Waals surface area contributed by atoms with Crippen LogP contribution in [0.3, 0.4) is 0 Å². The highest BCUT2D eigenvalue weighted by molar-refractivity contribution is 5.82. The number of amides is 1. The zero-order valence-electron chi connectivity index (χ0n) is 11.8. The number of hydrogen-bond donors (Lipinski definition) is 2. The van der Waals surface area contributed by atoms with Crippen molar-refractivity contribution in [2.45, 2.75) is 33.4 Å². The number of nitrogens with two attached hydrogens (primary N) is 1. The molecule has 0 unspecified atom stereocenters. The maximum atomic E-state index is 13.5. The van der Waals surface area contributed by atoms with E-state index in [9.17, 15) is 9.18 Å². The van der Waals surface area contributed by atoms with E-state index in [1.807, 2.05) is 20.8 Å². The Morgan fingerprint density at radius 3 is 2.58 bits per heavy atom. The van der Waals surface area contributed by atoms with Crippen molar-refractivity contribution < 1.29 is 13.9 Å². The summed E-state index contributed by atoms with van der Waals surface area (Å²) in [6, 6.07) is 3.96. The molecule has 0 radical (unpaired) electrons. The van der Waals surface area contributed by atoms with Crippen molar-refractivity contribution in [3.05, 3.63) is 29.6 Å². The summed E-state index contributed by atoms with van der Waals surface area (Å²) in [4.78, 5) is 11.8. The predicted octanol–water partition coefficient (Wildman–Crippen LogP) is 1.82. The van der Waals surface area contributed by atoms with E-state index in [0.29, 0.717) is 5.56 Å². The number of halogens is 1. The zero-order chi connectivity index (χ0) is 14.6. The minimum Gasteiger partial charge on any atom is -0.494 e. The van der Waals surface area contributed by atoms with E-state index < -0.39 is 11.9 Å². The molecular formula is C14H21FN2O2. The van der Waals surface area contributed by atoms with Crippen LogP contribution in [0.25, 0.3) is 0 Å². The minimum atomic E-state index is -0.601. The van der Waals surface area contributed by atoms with Crippen LogP contribution < -0.4 is 15.8 Å². The molecule has 0 bridgehead atoms. The summed E-state index contributed by atoms with van der Waals surface area (Å²) in [5.74, 6) is -0.514. The minimum absolute atomic E-state index is 0.182. The first-order valence-corrected chi connectivity index (χ1v) is 6.11. The molecule has 1 amide bonds. The van der Waals surface area contributed by atoms with Crippen LogP contribution in [0.15, 0.2) is 18.2 Å². The van der Waals surface area contributed by atoms with Gasteiger partial charge in [0, 0.05) is 6.54 Å². The van der Waals surface area contributed by atoms with Crippen molar-refractivity contribution in [1.29, 1.82) is 0 Å². The lowest BCUT2D eigenvalue weighted by Gasteiger charge is -2.25. The van der Waals surface area contributed by atoms with Crippen molar-refractivity contribution in [2.75, 3.05) is 7.11 Å². The summed E-state index contributed by atoms with van der Waals surface area (Å²) in [7, 11) is 1.40. The third kappa shape index (κ3) is 4.21. The average molecular weight is 268 g/mol. The van der Waals surface area contributed by atoms with Crippen molar-refractivity contribution in [2.24, 2.45) is 11.1 Å². The van der Waals surface area contributed by atoms with Gasteiger partial charge in [0.25, 0.3) is 0 Å². The molecule has 106 valence electrons. The molecule has 4 nitrogen and oxygen atoms in total. The molecule has 0 spiro atoms. The fourth-order valence-corrected chi connectivity index (χ4v) is 1.51. The van der Waals surface area contributed by atoms with Crippen molar-refractivity contribution in [1.82, 2.24) is 5.32 Å². The van der Waals surface area contributed by atoms with Crippen LogP contribution in [0.2, 0.25) is 0 Å². The molecule has 0 saturated heterocycles. The van der Waals surface area contributed by atoms with Gasteiger partial charge in [0.1, 0.15) is 0 Å². The number of carbonyl (C=O) groups excluding carboxylic acids is 1. The molecule has 1 aromatic rings. The van der Waals surface area contributed by atoms with Gasteiger partial charge in [-0.05, 0) is 23.1 Å². The van der Waals surface area contributed by atoms with E-state index in [2.05, 4.69) is 5.32 Å². The third-order valence-corrected chi connectivity index (χ3v) is 2.90. The molecule has 1 aromatic carbocycles. The molecule has 5 heteroatoms. The van der Waals surface area contributed by atoms with Crippen LogP contribution in [0.1, 0.15) is 26.3 Å². The van der Waals surface area contributed by atoms with Gasteiger partial charge >= 0.3 is 0 Å². The Morgan fingerprint density at radius 2 is 2.11 bits per heavy atom. The fourth-order valence-electron chi connectivity index (χ4n) is 1.51. The predicted molar refractivity (Wildman–Crippen MR) is 72.2 cm³/mol. The lowest BCUT2D eigenvalue weighted by Crippen LogP contribution is -2.48. The van der Waals surface area contributed by atoms with Crippen LogP contribution in [0.5, 0.6) is 5.75 Å². The van der Waals surface area contributed by atoms with Crippen LogP contribution in [-0.2, 0) is 11.3 Å². The van der Waals surface area contributed by atoms with E-state index in [0.717, 1.165) is 0 Å². The second kappa shape index (κ2) is 6.02. The molecule has 19 heavy (non-hydrogen) atoms. The maximum Gasteiger partial charge on any atom is 0.237 e. The first-order chi connectivity index (χ1) is 8.75. The molecule has 3 N–H and O–H groups in total. The van der Waals surface area contributed by atoms with Crippen LogP contribution in [0.4, 0.5) is 4.39 Å². The lowest BCUT2D eigenvalue weighted by atomic mass is 9.87. The topological polar surface area (TPSA) is 64.3 Å². The van der Waals surface area contributed by atoms with Gasteiger partial charge in [-0.3, -0.25) is 4.79 Å². The molecule has 1 rings (SSSR count). The number of rotatable bonds is 4. The number of carbonyl (C=O) groups is 1. The SMILES string of the molecule is COc1ccc(CNC(=O)[C@@H](N)C(C)(C)C)cc1F. The van der Waals surface area contributed by atoms with E-state index in [-0.39, 0.29) is 23.6 Å². The van der Waals surface area contributed by atoms with Gasteiger partial charge in [-0.1, -0.05) is 26.8 Å². The Morgan fingerprint density at radius 1 is 1.47 bits per heavy atom. The van der Waals surface area contributed by atoms with E-state index in [1.54, 1.807) is 6.07 Å². The second-order valence-electron chi connectivity index (χ2n) is 5.53. The smallest absolute Gasteiger partial charge is 0.237 e. The number of nitrogens with one attached hydrogen (secondary N) is 1. The van der Waals surface area contributed by atoms with Gasteiger partial charge in [-0.15, -0.1) is 0 Å². The van der Waals surface area contributed by atoms with Crippen molar-refractivity contribution in [3.8, 4) is 5.75 Å². The Balaban J connectivity index is 2.62. The summed E-state index contributed by atoms with van der Waals surface area (Å²) in [6.07, 6.45) is 0. The average Bonchev–Trinajstić information content (AvgIpc) is 2.34. The summed E-state index contributed by atoms with van der Waals surface area (Å²) < 4.78 is 18.3. The molecule has 0 fully saturated rings. The number of benzene rings is 1. The summed E-state index contributed by atoms with van der Waals surface area (Å²) in [5, 5.41) is 2.70. The standard InChI is InChI=1S/C14H21FN2O2/c1-14(2,3)12(16)13(18)17-8-9-5-6-11(19-4)10(15)7-9/h5-7,12H,8,16H2,1-4H3,(H,17,18)/t12-/m1/s1. The maximum absolute atomic E-state index is 13.5. The number of ether oxygens (including phenoxy) is 1. The molecule has 0 aliphatic heterocycles. The van der Waals surface area contributed by atoms with Gasteiger partial charge in [0.2, 0.25) is 5.91 Å². The van der Waals surface area contributed by atoms with Gasteiger partial charge in [-0.25, -0.2) is 4.39 Å². The molecule has 0 aliphatic rings. The molecule has 0 saturated carbocycles. The van der Waals surface area contributed by atoms with Crippen molar-refractivity contribution in [3.63, 3.8) is 0 Å². The highest BCUT2D eigenvalue weighted by Crippen LogP contribution is 2.19. The zero-order valence-corrected chi connectivity index (χ0v) is 11.8. The highest BCUT2D eigenvalue weighted by atomic mass is 19.1. The summed E-state index contributed by atoms with van der Waals surface area (Å²) >= 11 is 0. The van der Waals surface area contributed by atoms with Gasteiger partial charge in [0.05, 0.1) is 13.2 Å². The Hall–Kier alpha value is -1.62. The first-order valence-electron chi connectivity index (χ1n) is 6.11. The lowest BCUT2D eigenvalue weighted by molar-refractivity contribution is -0.124. The summed E-state index contributed by atoms with van der Waals surface area (Å²) in [6.45, 7) is 5.92. The molecule has 0 heterocycles. The first kappa shape index (κ1) is 15.4. The normalized spacial score (nSPS) is 12.9. The van der Waals surface area contributed by atoms with Gasteiger partial charge in [0.15, 0.2) is 11.6 Å². The van der Waals surface area contributed by atoms with Crippen LogP contribution >= 0.6 is 0 Å². The Bertz CT molecular complexity index is 455. The quantitative estimate of drug-likeness (QED) is 0.875. The van der Waals surface area contributed by atoms with E-state index >= 15 is 0 Å². The fraction of sp³-hybridized carbons (Fsp3) is 0.500. The van der Waals surface area contributed by atoms with E-state index in [1.165, 1.54) is 19.2 Å².